The number of nitrogens with one attached hydrogen (secondary N) is 1. The molecule has 0 aliphatic heterocycles. The van der Waals surface area contributed by atoms with E-state index in [2.05, 4.69) is 15.4 Å². The summed E-state index contributed by atoms with van der Waals surface area (Å²) in [6.45, 7) is 2.82. The Morgan fingerprint density at radius 3 is 2.75 bits per heavy atom. The van der Waals surface area contributed by atoms with Crippen molar-refractivity contribution in [1.29, 1.82) is 0 Å². The second kappa shape index (κ2) is 5.51. The Labute approximate surface area is 122 Å². The van der Waals surface area contributed by atoms with Crippen LogP contribution in [0.2, 0.25) is 5.02 Å². The van der Waals surface area contributed by atoms with E-state index in [-0.39, 0.29) is 0 Å². The van der Waals surface area contributed by atoms with Crippen LogP contribution in [0.15, 0.2) is 42.6 Å². The maximum Gasteiger partial charge on any atom is 0.243 e. The SMILES string of the molecule is Cc1cccn2nc(NCCc3ccc(Cl)cc3)nc12. The van der Waals surface area contributed by atoms with Crippen molar-refractivity contribution in [3.05, 3.63) is 58.7 Å². The molecule has 2 heterocycles. The zero-order valence-electron chi connectivity index (χ0n) is 11.2. The lowest BCUT2D eigenvalue weighted by molar-refractivity contribution is 0.935. The smallest absolute Gasteiger partial charge is 0.243 e. The molecule has 4 nitrogen and oxygen atoms in total. The van der Waals surface area contributed by atoms with Gasteiger partial charge in [-0.3, -0.25) is 0 Å². The molecule has 0 radical (unpaired) electrons. The third-order valence-corrected chi connectivity index (χ3v) is 3.42. The predicted molar refractivity (Wildman–Crippen MR) is 81.4 cm³/mol. The van der Waals surface area contributed by atoms with Crippen LogP contribution in [-0.4, -0.2) is 21.1 Å². The zero-order valence-corrected chi connectivity index (χ0v) is 11.9. The number of benzene rings is 1. The van der Waals surface area contributed by atoms with Crippen LogP contribution in [0.4, 0.5) is 5.95 Å². The average molecular weight is 287 g/mol. The Morgan fingerprint density at radius 2 is 2.00 bits per heavy atom. The number of aryl methyl sites for hydroxylation is 1. The highest BCUT2D eigenvalue weighted by atomic mass is 35.5. The summed E-state index contributed by atoms with van der Waals surface area (Å²) in [5, 5.41) is 8.40. The minimum atomic E-state index is 0.660. The van der Waals surface area contributed by atoms with Crippen molar-refractivity contribution in [2.24, 2.45) is 0 Å². The summed E-state index contributed by atoms with van der Waals surface area (Å²) in [4.78, 5) is 4.48. The number of anilines is 1. The molecule has 102 valence electrons. The van der Waals surface area contributed by atoms with Crippen LogP contribution in [0.1, 0.15) is 11.1 Å². The topological polar surface area (TPSA) is 42.2 Å². The molecular weight excluding hydrogens is 272 g/mol. The largest absolute Gasteiger partial charge is 0.353 e. The van der Waals surface area contributed by atoms with E-state index in [1.807, 2.05) is 49.5 Å². The molecule has 1 aromatic carbocycles. The molecule has 0 bridgehead atoms. The second-order valence-corrected chi connectivity index (χ2v) is 5.13. The molecule has 0 spiro atoms. The highest BCUT2D eigenvalue weighted by molar-refractivity contribution is 6.30. The van der Waals surface area contributed by atoms with Crippen molar-refractivity contribution in [2.75, 3.05) is 11.9 Å². The summed E-state index contributed by atoms with van der Waals surface area (Å²) in [5.41, 5.74) is 3.24. The second-order valence-electron chi connectivity index (χ2n) is 4.70. The van der Waals surface area contributed by atoms with Crippen LogP contribution in [0.3, 0.4) is 0 Å². The van der Waals surface area contributed by atoms with Gasteiger partial charge >= 0.3 is 0 Å². The molecule has 3 rings (SSSR count). The Balaban J connectivity index is 1.65. The van der Waals surface area contributed by atoms with Crippen molar-refractivity contribution in [2.45, 2.75) is 13.3 Å². The van der Waals surface area contributed by atoms with Gasteiger partial charge in [0.05, 0.1) is 0 Å². The molecule has 20 heavy (non-hydrogen) atoms. The average Bonchev–Trinajstić information content (AvgIpc) is 2.85. The first-order chi connectivity index (χ1) is 9.72. The summed E-state index contributed by atoms with van der Waals surface area (Å²) < 4.78 is 1.79. The van der Waals surface area contributed by atoms with E-state index >= 15 is 0 Å². The van der Waals surface area contributed by atoms with Crippen LogP contribution < -0.4 is 5.32 Å². The van der Waals surface area contributed by atoms with E-state index in [1.54, 1.807) is 4.52 Å². The summed E-state index contributed by atoms with van der Waals surface area (Å²) >= 11 is 5.86. The molecule has 0 fully saturated rings. The monoisotopic (exact) mass is 286 g/mol. The van der Waals surface area contributed by atoms with Crippen molar-refractivity contribution in [3.8, 4) is 0 Å². The number of fused-ring (bicyclic) bond motifs is 1. The lowest BCUT2D eigenvalue weighted by Gasteiger charge is -2.02. The minimum Gasteiger partial charge on any atom is -0.353 e. The van der Waals surface area contributed by atoms with E-state index in [4.69, 9.17) is 11.6 Å². The Kier molecular flexibility index (Phi) is 3.56. The number of hydrogen-bond acceptors (Lipinski definition) is 3. The molecule has 0 amide bonds. The van der Waals surface area contributed by atoms with E-state index < -0.39 is 0 Å². The number of rotatable bonds is 4. The summed E-state index contributed by atoms with van der Waals surface area (Å²) in [6.07, 6.45) is 2.81. The number of halogens is 1. The number of aromatic nitrogens is 3. The third-order valence-electron chi connectivity index (χ3n) is 3.17. The number of pyridine rings is 1. The van der Waals surface area contributed by atoms with E-state index in [0.29, 0.717) is 5.95 Å². The van der Waals surface area contributed by atoms with Gasteiger partial charge in [0.25, 0.3) is 0 Å². The quantitative estimate of drug-likeness (QED) is 0.800. The first-order valence-electron chi connectivity index (χ1n) is 6.53. The summed E-state index contributed by atoms with van der Waals surface area (Å²) in [5.74, 6) is 0.660. The van der Waals surface area contributed by atoms with Crippen LogP contribution in [0.5, 0.6) is 0 Å². The van der Waals surface area contributed by atoms with Gasteiger partial charge in [-0.05, 0) is 42.7 Å². The minimum absolute atomic E-state index is 0.660. The lowest BCUT2D eigenvalue weighted by Crippen LogP contribution is -2.06. The van der Waals surface area contributed by atoms with Crippen LogP contribution in [0, 0.1) is 6.92 Å². The van der Waals surface area contributed by atoms with Crippen molar-refractivity contribution in [3.63, 3.8) is 0 Å². The predicted octanol–water partition coefficient (Wildman–Crippen LogP) is 3.35. The van der Waals surface area contributed by atoms with Gasteiger partial charge in [-0.2, -0.15) is 4.98 Å². The fourth-order valence-electron chi connectivity index (χ4n) is 2.08. The Morgan fingerprint density at radius 1 is 1.20 bits per heavy atom. The first kappa shape index (κ1) is 12.9. The summed E-state index contributed by atoms with van der Waals surface area (Å²) in [7, 11) is 0. The molecule has 0 aliphatic rings. The molecule has 3 aromatic rings. The van der Waals surface area contributed by atoms with Gasteiger partial charge in [0.1, 0.15) is 0 Å². The normalized spacial score (nSPS) is 10.9. The zero-order chi connectivity index (χ0) is 13.9. The van der Waals surface area contributed by atoms with Crippen LogP contribution >= 0.6 is 11.6 Å². The van der Waals surface area contributed by atoms with Gasteiger partial charge < -0.3 is 5.32 Å². The van der Waals surface area contributed by atoms with E-state index in [9.17, 15) is 0 Å². The van der Waals surface area contributed by atoms with Gasteiger partial charge in [0.2, 0.25) is 5.95 Å². The number of nitrogens with zero attached hydrogens (tertiary/aromatic N) is 3. The molecular formula is C15H15ClN4. The number of hydrogen-bond donors (Lipinski definition) is 1. The Hall–Kier alpha value is -2.07. The fourth-order valence-corrected chi connectivity index (χ4v) is 2.21. The van der Waals surface area contributed by atoms with Crippen LogP contribution in [-0.2, 0) is 6.42 Å². The van der Waals surface area contributed by atoms with Gasteiger partial charge in [-0.1, -0.05) is 29.8 Å². The molecule has 5 heteroatoms. The maximum absolute atomic E-state index is 5.86. The highest BCUT2D eigenvalue weighted by Gasteiger charge is 2.04. The van der Waals surface area contributed by atoms with E-state index in [1.165, 1.54) is 5.56 Å². The molecule has 0 saturated carbocycles. The van der Waals surface area contributed by atoms with E-state index in [0.717, 1.165) is 29.2 Å². The maximum atomic E-state index is 5.86. The van der Waals surface area contributed by atoms with Gasteiger partial charge in [0.15, 0.2) is 5.65 Å². The van der Waals surface area contributed by atoms with Crippen molar-refractivity contribution in [1.82, 2.24) is 14.6 Å². The standard InChI is InChI=1S/C15H15ClN4/c1-11-3-2-10-20-14(11)18-15(19-20)17-9-8-12-4-6-13(16)7-5-12/h2-7,10H,8-9H2,1H3,(H,17,19). The molecule has 2 aromatic heterocycles. The Bertz CT molecular complexity index is 718. The molecule has 0 atom stereocenters. The third kappa shape index (κ3) is 2.75. The van der Waals surface area contributed by atoms with Gasteiger partial charge in [0, 0.05) is 17.8 Å². The van der Waals surface area contributed by atoms with Gasteiger partial charge in [-0.15, -0.1) is 5.10 Å². The van der Waals surface area contributed by atoms with Gasteiger partial charge in [-0.25, -0.2) is 4.52 Å². The molecule has 1 N–H and O–H groups in total. The van der Waals surface area contributed by atoms with Crippen molar-refractivity contribution >= 4 is 23.2 Å². The molecule has 0 aliphatic carbocycles. The first-order valence-corrected chi connectivity index (χ1v) is 6.90. The van der Waals surface area contributed by atoms with Crippen LogP contribution in [0.25, 0.3) is 5.65 Å². The highest BCUT2D eigenvalue weighted by Crippen LogP contribution is 2.11. The molecule has 0 saturated heterocycles. The lowest BCUT2D eigenvalue weighted by atomic mass is 10.1. The molecule has 0 unspecified atom stereocenters. The summed E-state index contributed by atoms with van der Waals surface area (Å²) in [6, 6.07) is 11.9. The van der Waals surface area contributed by atoms with Crippen molar-refractivity contribution < 1.29 is 0 Å². The fraction of sp³-hybridized carbons (Fsp3) is 0.200.